The Labute approximate surface area is 176 Å². The van der Waals surface area contributed by atoms with Gasteiger partial charge in [0, 0.05) is 27.2 Å². The average Bonchev–Trinajstić information content (AvgIpc) is 2.57. The Morgan fingerprint density at radius 2 is 1.75 bits per heavy atom. The van der Waals surface area contributed by atoms with Crippen molar-refractivity contribution in [2.75, 3.05) is 0 Å². The van der Waals surface area contributed by atoms with E-state index in [2.05, 4.69) is 54.3 Å². The number of rotatable bonds is 5. The van der Waals surface area contributed by atoms with Crippen LogP contribution in [0.3, 0.4) is 0 Å². The average molecular weight is 445 g/mol. The van der Waals surface area contributed by atoms with Gasteiger partial charge in [0.05, 0.1) is 0 Å². The number of hydrogen-bond donors (Lipinski definition) is 2. The van der Waals surface area contributed by atoms with Gasteiger partial charge in [-0.2, -0.15) is 0 Å². The van der Waals surface area contributed by atoms with E-state index < -0.39 is 0 Å². The summed E-state index contributed by atoms with van der Waals surface area (Å²) in [5.74, 6) is 0.797. The van der Waals surface area contributed by atoms with E-state index in [1.54, 1.807) is 0 Å². The fraction of sp³-hybridized carbons (Fsp3) is 0.435. The molecule has 0 spiro atoms. The molecule has 0 aliphatic carbocycles. The number of amides is 1. The second-order valence-electron chi connectivity index (χ2n) is 8.91. The van der Waals surface area contributed by atoms with Crippen LogP contribution in [0.2, 0.25) is 0 Å². The van der Waals surface area contributed by atoms with Gasteiger partial charge in [0.15, 0.2) is 0 Å². The zero-order valence-corrected chi connectivity index (χ0v) is 18.6. The first-order valence-electron chi connectivity index (χ1n) is 9.69. The lowest BCUT2D eigenvalue weighted by Crippen LogP contribution is -2.62. The molecule has 1 saturated heterocycles. The van der Waals surface area contributed by atoms with Gasteiger partial charge in [-0.3, -0.25) is 4.79 Å². The molecule has 1 amide bonds. The van der Waals surface area contributed by atoms with E-state index in [1.807, 2.05) is 48.5 Å². The van der Waals surface area contributed by atoms with Gasteiger partial charge >= 0.3 is 0 Å². The van der Waals surface area contributed by atoms with Crippen LogP contribution in [0.15, 0.2) is 53.0 Å². The summed E-state index contributed by atoms with van der Waals surface area (Å²) in [6, 6.07) is 15.6. The van der Waals surface area contributed by atoms with Gasteiger partial charge in [-0.1, -0.05) is 34.1 Å². The number of ether oxygens (including phenoxy) is 1. The zero-order chi connectivity index (χ0) is 20.4. The van der Waals surface area contributed by atoms with Gasteiger partial charge in [-0.05, 0) is 76.4 Å². The van der Waals surface area contributed by atoms with Crippen molar-refractivity contribution in [3.63, 3.8) is 0 Å². The van der Waals surface area contributed by atoms with Crippen molar-refractivity contribution in [1.29, 1.82) is 0 Å². The molecule has 0 unspecified atom stereocenters. The lowest BCUT2D eigenvalue weighted by molar-refractivity contribution is 0.0873. The standard InChI is InChI=1S/C23H29BrN2O2/c1-22(2)13-19(14-23(3,4)26-22)25-21(27)17-10-8-16(9-11-17)15-28-20-7-5-6-18(24)12-20/h5-12,19,26H,13-15H2,1-4H3,(H,25,27). The first-order chi connectivity index (χ1) is 13.1. The first-order valence-corrected chi connectivity index (χ1v) is 10.5. The van der Waals surface area contributed by atoms with Crippen LogP contribution in [-0.4, -0.2) is 23.0 Å². The van der Waals surface area contributed by atoms with E-state index >= 15 is 0 Å². The molecule has 1 heterocycles. The Bertz CT molecular complexity index is 815. The summed E-state index contributed by atoms with van der Waals surface area (Å²) in [6.45, 7) is 9.22. The van der Waals surface area contributed by atoms with Crippen LogP contribution in [0.1, 0.15) is 56.5 Å². The van der Waals surface area contributed by atoms with E-state index in [0.717, 1.165) is 28.6 Å². The third-order valence-electron chi connectivity index (χ3n) is 4.94. The van der Waals surface area contributed by atoms with E-state index in [-0.39, 0.29) is 23.0 Å². The monoisotopic (exact) mass is 444 g/mol. The summed E-state index contributed by atoms with van der Waals surface area (Å²) < 4.78 is 6.79. The molecule has 4 nitrogen and oxygen atoms in total. The number of benzene rings is 2. The number of carbonyl (C=O) groups is 1. The highest BCUT2D eigenvalue weighted by atomic mass is 79.9. The summed E-state index contributed by atoms with van der Waals surface area (Å²) >= 11 is 3.44. The molecule has 150 valence electrons. The van der Waals surface area contributed by atoms with Crippen LogP contribution in [0.5, 0.6) is 5.75 Å². The number of carbonyl (C=O) groups excluding carboxylic acids is 1. The summed E-state index contributed by atoms with van der Waals surface area (Å²) in [6.07, 6.45) is 1.83. The maximum atomic E-state index is 12.7. The number of hydrogen-bond acceptors (Lipinski definition) is 3. The molecule has 0 saturated carbocycles. The molecule has 3 rings (SSSR count). The Balaban J connectivity index is 1.57. The van der Waals surface area contributed by atoms with Crippen molar-refractivity contribution >= 4 is 21.8 Å². The Morgan fingerprint density at radius 3 is 2.36 bits per heavy atom. The van der Waals surface area contributed by atoms with E-state index in [1.165, 1.54) is 0 Å². The third kappa shape index (κ3) is 5.82. The smallest absolute Gasteiger partial charge is 0.251 e. The van der Waals surface area contributed by atoms with Gasteiger partial charge in [-0.15, -0.1) is 0 Å². The van der Waals surface area contributed by atoms with Crippen LogP contribution in [0.25, 0.3) is 0 Å². The lowest BCUT2D eigenvalue weighted by atomic mass is 9.79. The highest BCUT2D eigenvalue weighted by Crippen LogP contribution is 2.28. The highest BCUT2D eigenvalue weighted by molar-refractivity contribution is 9.10. The molecule has 2 aromatic rings. The molecule has 0 bridgehead atoms. The third-order valence-corrected chi connectivity index (χ3v) is 5.44. The number of halogens is 1. The summed E-state index contributed by atoms with van der Waals surface area (Å²) in [5, 5.41) is 6.86. The molecule has 1 fully saturated rings. The van der Waals surface area contributed by atoms with Crippen molar-refractivity contribution in [3.8, 4) is 5.75 Å². The molecule has 2 N–H and O–H groups in total. The van der Waals surface area contributed by atoms with E-state index in [4.69, 9.17) is 4.74 Å². The molecular formula is C23H29BrN2O2. The second kappa shape index (κ2) is 8.26. The Kier molecular flexibility index (Phi) is 6.15. The quantitative estimate of drug-likeness (QED) is 0.676. The fourth-order valence-electron chi connectivity index (χ4n) is 4.17. The predicted octanol–water partition coefficient (Wildman–Crippen LogP) is 5.07. The minimum Gasteiger partial charge on any atom is -0.489 e. The molecule has 2 aromatic carbocycles. The van der Waals surface area contributed by atoms with Crippen molar-refractivity contribution in [2.24, 2.45) is 0 Å². The molecule has 5 heteroatoms. The van der Waals surface area contributed by atoms with Gasteiger partial charge in [0.25, 0.3) is 5.91 Å². The molecule has 28 heavy (non-hydrogen) atoms. The molecule has 0 aromatic heterocycles. The molecular weight excluding hydrogens is 416 g/mol. The summed E-state index contributed by atoms with van der Waals surface area (Å²) in [7, 11) is 0. The summed E-state index contributed by atoms with van der Waals surface area (Å²) in [4.78, 5) is 12.7. The normalized spacial score (nSPS) is 18.5. The van der Waals surface area contributed by atoms with Gasteiger partial charge in [0.2, 0.25) is 0 Å². The topological polar surface area (TPSA) is 50.4 Å². The number of nitrogens with one attached hydrogen (secondary N) is 2. The van der Waals surface area contributed by atoms with Crippen LogP contribution in [-0.2, 0) is 6.61 Å². The van der Waals surface area contributed by atoms with Crippen LogP contribution in [0, 0.1) is 0 Å². The Hall–Kier alpha value is -1.85. The van der Waals surface area contributed by atoms with E-state index in [9.17, 15) is 4.79 Å². The largest absolute Gasteiger partial charge is 0.489 e. The van der Waals surface area contributed by atoms with Crippen molar-refractivity contribution in [3.05, 3.63) is 64.1 Å². The Morgan fingerprint density at radius 1 is 1.11 bits per heavy atom. The van der Waals surface area contributed by atoms with Gasteiger partial charge in [-0.25, -0.2) is 0 Å². The fourth-order valence-corrected chi connectivity index (χ4v) is 4.55. The minimum absolute atomic E-state index is 0.00727. The zero-order valence-electron chi connectivity index (χ0n) is 17.0. The number of piperidine rings is 1. The summed E-state index contributed by atoms with van der Waals surface area (Å²) in [5.41, 5.74) is 1.72. The van der Waals surface area contributed by atoms with Gasteiger partial charge < -0.3 is 15.4 Å². The minimum atomic E-state index is -0.0158. The first kappa shape index (κ1) is 20.9. The second-order valence-corrected chi connectivity index (χ2v) is 9.83. The molecule has 1 aliphatic rings. The van der Waals surface area contributed by atoms with Crippen LogP contribution < -0.4 is 15.4 Å². The molecule has 0 atom stereocenters. The van der Waals surface area contributed by atoms with Crippen molar-refractivity contribution < 1.29 is 9.53 Å². The molecule has 1 aliphatic heterocycles. The van der Waals surface area contributed by atoms with Crippen molar-refractivity contribution in [1.82, 2.24) is 10.6 Å². The highest BCUT2D eigenvalue weighted by Gasteiger charge is 2.38. The van der Waals surface area contributed by atoms with Gasteiger partial charge in [0.1, 0.15) is 12.4 Å². The SMILES string of the molecule is CC1(C)CC(NC(=O)c2ccc(COc3cccc(Br)c3)cc2)CC(C)(C)N1. The lowest BCUT2D eigenvalue weighted by Gasteiger charge is -2.46. The van der Waals surface area contributed by atoms with E-state index in [0.29, 0.717) is 12.2 Å². The molecule has 0 radical (unpaired) electrons. The van der Waals surface area contributed by atoms with Crippen molar-refractivity contribution in [2.45, 2.75) is 64.3 Å². The van der Waals surface area contributed by atoms with Crippen LogP contribution >= 0.6 is 15.9 Å². The van der Waals surface area contributed by atoms with Crippen LogP contribution in [0.4, 0.5) is 0 Å². The maximum Gasteiger partial charge on any atom is 0.251 e. The maximum absolute atomic E-state index is 12.7. The predicted molar refractivity (Wildman–Crippen MR) is 117 cm³/mol.